The lowest BCUT2D eigenvalue weighted by Crippen LogP contribution is -2.62. The number of aliphatic carboxylic acids is 2. The van der Waals surface area contributed by atoms with Gasteiger partial charge in [-0.15, -0.1) is 0 Å². The van der Waals surface area contributed by atoms with Gasteiger partial charge in [-0.25, -0.2) is 4.79 Å². The van der Waals surface area contributed by atoms with Crippen molar-refractivity contribution in [1.29, 1.82) is 0 Å². The molecule has 0 radical (unpaired) electrons. The number of nitrogens with two attached hydrogens (primary N) is 1. The largest absolute Gasteiger partial charge is 0.490 e. The highest BCUT2D eigenvalue weighted by molar-refractivity contribution is 5.96. The quantitative estimate of drug-likeness (QED) is 0.252. The molecule has 1 unspecified atom stereocenters. The van der Waals surface area contributed by atoms with Crippen LogP contribution in [0.15, 0.2) is 24.5 Å². The number of piperazine rings is 2. The van der Waals surface area contributed by atoms with Crippen molar-refractivity contribution in [3.8, 4) is 0 Å². The van der Waals surface area contributed by atoms with Crippen molar-refractivity contribution < 1.29 is 56.9 Å². The number of nitrogens with zero attached hydrogens (tertiary/aromatic N) is 4. The van der Waals surface area contributed by atoms with Crippen molar-refractivity contribution in [3.05, 3.63) is 30.1 Å². The monoisotopic (exact) mass is 604 g/mol. The van der Waals surface area contributed by atoms with Crippen LogP contribution in [0.2, 0.25) is 0 Å². The third-order valence-electron chi connectivity index (χ3n) is 6.39. The maximum absolute atomic E-state index is 13.2. The molecule has 18 heteroatoms. The zero-order valence-electron chi connectivity index (χ0n) is 22.5. The van der Waals surface area contributed by atoms with E-state index in [1.54, 1.807) is 17.3 Å². The number of alkyl halides is 3. The zero-order valence-corrected chi connectivity index (χ0v) is 22.5. The minimum absolute atomic E-state index is 0.0192. The number of hydrogen-bond acceptors (Lipinski definition) is 10. The van der Waals surface area contributed by atoms with Gasteiger partial charge in [0.1, 0.15) is 12.6 Å². The molecule has 3 rings (SSSR count). The molecule has 2 saturated heterocycles. The number of carbonyl (C=O) groups excluding carboxylic acids is 4. The number of hydrogen-bond donors (Lipinski definition) is 4. The van der Waals surface area contributed by atoms with E-state index in [9.17, 15) is 37.1 Å². The summed E-state index contributed by atoms with van der Waals surface area (Å²) in [5.74, 6) is -6.36. The Hall–Kier alpha value is -4.32. The predicted molar refractivity (Wildman–Crippen MR) is 134 cm³/mol. The van der Waals surface area contributed by atoms with E-state index in [1.165, 1.54) is 0 Å². The van der Waals surface area contributed by atoms with Crippen LogP contribution >= 0.6 is 0 Å². The van der Waals surface area contributed by atoms with Crippen LogP contribution in [0.1, 0.15) is 24.4 Å². The number of amides is 3. The highest BCUT2D eigenvalue weighted by Crippen LogP contribution is 2.23. The summed E-state index contributed by atoms with van der Waals surface area (Å²) in [5.41, 5.74) is 7.03. The molecule has 0 saturated carbocycles. The maximum Gasteiger partial charge on any atom is 0.490 e. The van der Waals surface area contributed by atoms with Crippen LogP contribution in [-0.2, 0) is 33.5 Å². The van der Waals surface area contributed by atoms with Crippen LogP contribution in [0, 0.1) is 0 Å². The number of nitrogens with one attached hydrogen (secondary N) is 1. The first-order chi connectivity index (χ1) is 19.7. The van der Waals surface area contributed by atoms with Crippen LogP contribution in [-0.4, -0.2) is 130 Å². The van der Waals surface area contributed by atoms with E-state index in [0.29, 0.717) is 19.6 Å². The molecule has 15 nitrogen and oxygen atoms in total. The Bertz CT molecular complexity index is 1150. The molecule has 3 amide bonds. The van der Waals surface area contributed by atoms with Gasteiger partial charge in [-0.1, -0.05) is 0 Å². The lowest BCUT2D eigenvalue weighted by atomic mass is 10.0. The second kappa shape index (κ2) is 15.1. The molecule has 0 aromatic carbocycles. The van der Waals surface area contributed by atoms with Crippen molar-refractivity contribution >= 4 is 35.6 Å². The number of aromatic nitrogens is 1. The first-order valence-corrected chi connectivity index (χ1v) is 12.5. The van der Waals surface area contributed by atoms with E-state index in [4.69, 9.17) is 20.7 Å². The van der Waals surface area contributed by atoms with Gasteiger partial charge in [-0.3, -0.25) is 29.0 Å². The summed E-state index contributed by atoms with van der Waals surface area (Å²) < 4.78 is 36.4. The minimum atomic E-state index is -5.08. The van der Waals surface area contributed by atoms with Gasteiger partial charge in [0, 0.05) is 45.1 Å². The number of halogens is 3. The predicted octanol–water partition coefficient (Wildman–Crippen LogP) is -1.41. The molecule has 0 bridgehead atoms. The highest BCUT2D eigenvalue weighted by atomic mass is 19.4. The lowest BCUT2D eigenvalue weighted by molar-refractivity contribution is -0.192. The number of methoxy groups -OCH3 is 1. The van der Waals surface area contributed by atoms with Gasteiger partial charge in [0.15, 0.2) is 0 Å². The number of carbonyl (C=O) groups is 6. The molecule has 0 spiro atoms. The topological polar surface area (TPSA) is 213 Å². The molecule has 0 aliphatic carbocycles. The average Bonchev–Trinajstić information content (AvgIpc) is 2.94. The Labute approximate surface area is 237 Å². The molecule has 3 heterocycles. The van der Waals surface area contributed by atoms with Gasteiger partial charge in [0.25, 0.3) is 0 Å². The Morgan fingerprint density at radius 1 is 1.12 bits per heavy atom. The molecule has 1 aromatic rings. The van der Waals surface area contributed by atoms with Crippen molar-refractivity contribution in [2.45, 2.75) is 37.1 Å². The lowest BCUT2D eigenvalue weighted by Gasteiger charge is -2.41. The van der Waals surface area contributed by atoms with Crippen LogP contribution in [0.3, 0.4) is 0 Å². The number of carboxylic acids is 2. The normalized spacial score (nSPS) is 19.7. The standard InChI is InChI=1S/C22H30N6O7.C2HF3O2/c1-35-20(32)11-16-22(34)26(13-19(30)31)8-9-28(16)21(33)15(23)10-18(29)27-7-6-25-12-17(27)14-2-4-24-5-3-14;3-2(4,5)1(6)7/h2-5,15-17,25H,6-13,23H2,1H3,(H,30,31);(H,6,7)/t15?,16-,17-;/m1./s1. The average molecular weight is 605 g/mol. The first-order valence-electron chi connectivity index (χ1n) is 12.5. The fraction of sp³-hybridized carbons (Fsp3) is 0.542. The fourth-order valence-electron chi connectivity index (χ4n) is 4.35. The second-order valence-corrected chi connectivity index (χ2v) is 9.18. The summed E-state index contributed by atoms with van der Waals surface area (Å²) in [6.07, 6.45) is -2.52. The maximum atomic E-state index is 13.2. The van der Waals surface area contributed by atoms with Crippen molar-refractivity contribution in [1.82, 2.24) is 25.0 Å². The first kappa shape index (κ1) is 33.9. The van der Waals surface area contributed by atoms with Gasteiger partial charge in [-0.2, -0.15) is 13.2 Å². The number of rotatable bonds is 8. The third-order valence-corrected chi connectivity index (χ3v) is 6.39. The van der Waals surface area contributed by atoms with E-state index >= 15 is 0 Å². The van der Waals surface area contributed by atoms with Gasteiger partial charge >= 0.3 is 24.1 Å². The molecule has 2 fully saturated rings. The molecule has 2 aliphatic heterocycles. The molecule has 1 aromatic heterocycles. The summed E-state index contributed by atoms with van der Waals surface area (Å²) in [6, 6.07) is 0.905. The van der Waals surface area contributed by atoms with E-state index in [1.807, 2.05) is 12.1 Å². The summed E-state index contributed by atoms with van der Waals surface area (Å²) in [7, 11) is 1.15. The van der Waals surface area contributed by atoms with Crippen LogP contribution in [0.5, 0.6) is 0 Å². The Kier molecular flexibility index (Phi) is 12.2. The molecule has 232 valence electrons. The third kappa shape index (κ3) is 9.37. The van der Waals surface area contributed by atoms with Crippen molar-refractivity contribution in [3.63, 3.8) is 0 Å². The minimum Gasteiger partial charge on any atom is -0.480 e. The Balaban J connectivity index is 0.000000782. The van der Waals surface area contributed by atoms with Crippen molar-refractivity contribution in [2.24, 2.45) is 5.73 Å². The van der Waals surface area contributed by atoms with E-state index in [0.717, 1.165) is 22.5 Å². The van der Waals surface area contributed by atoms with E-state index < -0.39 is 60.9 Å². The van der Waals surface area contributed by atoms with Gasteiger partial charge in [0.2, 0.25) is 17.7 Å². The zero-order chi connectivity index (χ0) is 31.6. The highest BCUT2D eigenvalue weighted by Gasteiger charge is 2.42. The molecule has 2 aliphatic rings. The van der Waals surface area contributed by atoms with Crippen LogP contribution in [0.4, 0.5) is 13.2 Å². The molecular formula is C24H31F3N6O9. The van der Waals surface area contributed by atoms with Crippen LogP contribution < -0.4 is 11.1 Å². The number of ether oxygens (including phenoxy) is 1. The second-order valence-electron chi connectivity index (χ2n) is 9.18. The molecule has 5 N–H and O–H groups in total. The number of esters is 1. The molecule has 42 heavy (non-hydrogen) atoms. The smallest absolute Gasteiger partial charge is 0.480 e. The van der Waals surface area contributed by atoms with E-state index in [-0.39, 0.29) is 31.5 Å². The van der Waals surface area contributed by atoms with Crippen LogP contribution in [0.25, 0.3) is 0 Å². The molecular weight excluding hydrogens is 573 g/mol. The summed E-state index contributed by atoms with van der Waals surface area (Å²) >= 11 is 0. The van der Waals surface area contributed by atoms with Gasteiger partial charge < -0.3 is 40.7 Å². The summed E-state index contributed by atoms with van der Waals surface area (Å²) in [5, 5.41) is 19.4. The van der Waals surface area contributed by atoms with Gasteiger partial charge in [0.05, 0.1) is 32.0 Å². The number of pyridine rings is 1. The fourth-order valence-corrected chi connectivity index (χ4v) is 4.35. The summed E-state index contributed by atoms with van der Waals surface area (Å²) in [4.78, 5) is 78.9. The Morgan fingerprint density at radius 2 is 1.74 bits per heavy atom. The summed E-state index contributed by atoms with van der Waals surface area (Å²) in [6.45, 7) is 0.968. The van der Waals surface area contributed by atoms with E-state index in [2.05, 4.69) is 15.0 Å². The molecule has 3 atom stereocenters. The Morgan fingerprint density at radius 3 is 2.29 bits per heavy atom. The van der Waals surface area contributed by atoms with Gasteiger partial charge in [-0.05, 0) is 17.7 Å². The van der Waals surface area contributed by atoms with Crippen molar-refractivity contribution in [2.75, 3.05) is 46.4 Å². The SMILES string of the molecule is COC(=O)C[C@@H]1C(=O)N(CC(=O)O)CCN1C(=O)C(N)CC(=O)N1CCNC[C@@H]1c1ccncc1.O=C(O)C(F)(F)F. The number of carboxylic acid groups (broad SMARTS) is 2.